The molecule has 0 bridgehead atoms. The van der Waals surface area contributed by atoms with Crippen LogP contribution in [0, 0.1) is 6.92 Å². The Hall–Kier alpha value is -3.48. The molecule has 3 heterocycles. The first-order valence-electron chi connectivity index (χ1n) is 10.9. The normalized spacial score (nSPS) is 15.7. The third-order valence-electron chi connectivity index (χ3n) is 5.98. The smallest absolute Gasteiger partial charge is 0.254 e. The predicted octanol–water partition coefficient (Wildman–Crippen LogP) is 3.96. The number of aromatic nitrogens is 3. The lowest BCUT2D eigenvalue weighted by Gasteiger charge is -2.27. The molecule has 1 amide bonds. The van der Waals surface area contributed by atoms with Crippen molar-refractivity contribution < 1.29 is 4.79 Å². The highest BCUT2D eigenvalue weighted by atomic mass is 16.2. The van der Waals surface area contributed by atoms with Crippen LogP contribution in [0.5, 0.6) is 0 Å². The maximum atomic E-state index is 13.5. The van der Waals surface area contributed by atoms with Gasteiger partial charge in [0.2, 0.25) is 5.95 Å². The SMILES string of the molecule is Cc1cnccc1-c1cnc(N(C)C)nc1[C@H]1CCCN1C(=O)c1ccc(N(C)C)cc1. The Balaban J connectivity index is 1.75. The fraction of sp³-hybridized carbons (Fsp3) is 0.360. The number of likely N-dealkylation sites (tertiary alicyclic amines) is 1. The van der Waals surface area contributed by atoms with E-state index in [0.29, 0.717) is 11.5 Å². The van der Waals surface area contributed by atoms with Crippen LogP contribution < -0.4 is 9.80 Å². The summed E-state index contributed by atoms with van der Waals surface area (Å²) in [6.07, 6.45) is 7.34. The summed E-state index contributed by atoms with van der Waals surface area (Å²) >= 11 is 0. The van der Waals surface area contributed by atoms with Crippen LogP contribution in [0.25, 0.3) is 11.1 Å². The molecule has 166 valence electrons. The zero-order chi connectivity index (χ0) is 22.8. The highest BCUT2D eigenvalue weighted by Gasteiger charge is 2.34. The lowest BCUT2D eigenvalue weighted by molar-refractivity contribution is 0.0733. The van der Waals surface area contributed by atoms with Gasteiger partial charge in [-0.2, -0.15) is 0 Å². The predicted molar refractivity (Wildman–Crippen MR) is 128 cm³/mol. The number of carbonyl (C=O) groups excluding carboxylic acids is 1. The molecule has 1 aliphatic rings. The van der Waals surface area contributed by atoms with E-state index in [-0.39, 0.29) is 11.9 Å². The Kier molecular flexibility index (Phi) is 6.08. The van der Waals surface area contributed by atoms with Gasteiger partial charge >= 0.3 is 0 Å². The summed E-state index contributed by atoms with van der Waals surface area (Å²) in [5.41, 5.74) is 5.74. The van der Waals surface area contributed by atoms with Gasteiger partial charge in [-0.3, -0.25) is 9.78 Å². The Labute approximate surface area is 189 Å². The van der Waals surface area contributed by atoms with Crippen molar-refractivity contribution >= 4 is 17.5 Å². The molecule has 1 saturated heterocycles. The Morgan fingerprint density at radius 2 is 1.75 bits per heavy atom. The van der Waals surface area contributed by atoms with Gasteiger partial charge in [-0.1, -0.05) is 0 Å². The molecule has 3 aromatic rings. The second-order valence-electron chi connectivity index (χ2n) is 8.65. The summed E-state index contributed by atoms with van der Waals surface area (Å²) in [7, 11) is 7.85. The highest BCUT2D eigenvalue weighted by molar-refractivity contribution is 5.95. The number of aryl methyl sites for hydroxylation is 1. The molecule has 0 N–H and O–H groups in total. The van der Waals surface area contributed by atoms with Crippen LogP contribution in [-0.2, 0) is 0 Å². The maximum absolute atomic E-state index is 13.5. The van der Waals surface area contributed by atoms with Gasteiger partial charge in [-0.15, -0.1) is 0 Å². The molecule has 1 aliphatic heterocycles. The third kappa shape index (κ3) is 4.15. The fourth-order valence-corrected chi connectivity index (χ4v) is 4.20. The van der Waals surface area contributed by atoms with Gasteiger partial charge in [0, 0.05) is 70.1 Å². The molecule has 4 rings (SSSR count). The van der Waals surface area contributed by atoms with Crippen molar-refractivity contribution in [3.63, 3.8) is 0 Å². The number of hydrogen-bond donors (Lipinski definition) is 0. The number of nitrogens with zero attached hydrogens (tertiary/aromatic N) is 6. The number of pyridine rings is 1. The summed E-state index contributed by atoms with van der Waals surface area (Å²) in [4.78, 5) is 33.1. The van der Waals surface area contributed by atoms with Crippen LogP contribution >= 0.6 is 0 Å². The van der Waals surface area contributed by atoms with Crippen LogP contribution in [0.15, 0.2) is 48.9 Å². The first-order chi connectivity index (χ1) is 15.4. The Bertz CT molecular complexity index is 1110. The zero-order valence-corrected chi connectivity index (χ0v) is 19.4. The molecule has 0 spiro atoms. The molecule has 1 atom stereocenters. The van der Waals surface area contributed by atoms with Crippen molar-refractivity contribution in [3.8, 4) is 11.1 Å². The van der Waals surface area contributed by atoms with Crippen molar-refractivity contribution in [1.29, 1.82) is 0 Å². The molecule has 7 nitrogen and oxygen atoms in total. The number of rotatable bonds is 5. The van der Waals surface area contributed by atoms with E-state index in [1.54, 1.807) is 6.20 Å². The number of hydrogen-bond acceptors (Lipinski definition) is 6. The van der Waals surface area contributed by atoms with Crippen molar-refractivity contribution in [3.05, 3.63) is 65.7 Å². The van der Waals surface area contributed by atoms with Crippen molar-refractivity contribution in [2.45, 2.75) is 25.8 Å². The second kappa shape index (κ2) is 8.94. The van der Waals surface area contributed by atoms with Crippen LogP contribution in [-0.4, -0.2) is 60.5 Å². The van der Waals surface area contributed by atoms with E-state index < -0.39 is 0 Å². The lowest BCUT2D eigenvalue weighted by atomic mass is 9.97. The van der Waals surface area contributed by atoms with Gasteiger partial charge in [0.05, 0.1) is 11.7 Å². The van der Waals surface area contributed by atoms with Crippen LogP contribution in [0.3, 0.4) is 0 Å². The molecular weight excluding hydrogens is 400 g/mol. The number of benzene rings is 1. The largest absolute Gasteiger partial charge is 0.378 e. The number of amides is 1. The Morgan fingerprint density at radius 3 is 2.41 bits per heavy atom. The summed E-state index contributed by atoms with van der Waals surface area (Å²) in [5.74, 6) is 0.685. The first-order valence-corrected chi connectivity index (χ1v) is 10.9. The van der Waals surface area contributed by atoms with Gasteiger partial charge in [-0.25, -0.2) is 9.97 Å². The number of anilines is 2. The van der Waals surface area contributed by atoms with Crippen LogP contribution in [0.4, 0.5) is 11.6 Å². The van der Waals surface area contributed by atoms with Gasteiger partial charge in [-0.05, 0) is 61.2 Å². The van der Waals surface area contributed by atoms with Crippen LogP contribution in [0.2, 0.25) is 0 Å². The molecular formula is C25H30N6O. The van der Waals surface area contributed by atoms with E-state index >= 15 is 0 Å². The van der Waals surface area contributed by atoms with E-state index in [2.05, 4.69) is 9.97 Å². The minimum absolute atomic E-state index is 0.0419. The summed E-state index contributed by atoms with van der Waals surface area (Å²) in [6.45, 7) is 2.75. The van der Waals surface area contributed by atoms with Gasteiger partial charge in [0.25, 0.3) is 5.91 Å². The van der Waals surface area contributed by atoms with Crippen molar-refractivity contribution in [2.24, 2.45) is 0 Å². The van der Waals surface area contributed by atoms with Crippen molar-refractivity contribution in [1.82, 2.24) is 19.9 Å². The molecule has 0 aliphatic carbocycles. The molecule has 0 unspecified atom stereocenters. The maximum Gasteiger partial charge on any atom is 0.254 e. The molecule has 0 radical (unpaired) electrons. The molecule has 0 saturated carbocycles. The lowest BCUT2D eigenvalue weighted by Crippen LogP contribution is -2.31. The van der Waals surface area contributed by atoms with Crippen LogP contribution in [0.1, 0.15) is 40.5 Å². The quantitative estimate of drug-likeness (QED) is 0.611. The monoisotopic (exact) mass is 430 g/mol. The molecule has 32 heavy (non-hydrogen) atoms. The van der Waals surface area contributed by atoms with Gasteiger partial charge < -0.3 is 14.7 Å². The van der Waals surface area contributed by atoms with Gasteiger partial charge in [0.15, 0.2) is 0 Å². The van der Waals surface area contributed by atoms with E-state index in [9.17, 15) is 4.79 Å². The fourth-order valence-electron chi connectivity index (χ4n) is 4.20. The van der Waals surface area contributed by atoms with Gasteiger partial charge in [0.1, 0.15) is 0 Å². The standard InChI is InChI=1S/C25H30N6O/c1-17-15-26-13-12-20(17)21-16-27-25(30(4)5)28-23(21)22-7-6-14-31(22)24(32)18-8-10-19(11-9-18)29(2)3/h8-13,15-16,22H,6-7,14H2,1-5H3/t22-/m1/s1. The summed E-state index contributed by atoms with van der Waals surface area (Å²) < 4.78 is 0. The average Bonchev–Trinajstić information content (AvgIpc) is 3.28. The molecule has 1 fully saturated rings. The minimum Gasteiger partial charge on any atom is -0.378 e. The van der Waals surface area contributed by atoms with E-state index in [4.69, 9.17) is 4.98 Å². The zero-order valence-electron chi connectivity index (χ0n) is 19.4. The molecule has 7 heteroatoms. The Morgan fingerprint density at radius 1 is 1.00 bits per heavy atom. The first kappa shape index (κ1) is 21.7. The van der Waals surface area contributed by atoms with E-state index in [1.807, 2.05) is 92.5 Å². The van der Waals surface area contributed by atoms with Crippen molar-refractivity contribution in [2.75, 3.05) is 44.5 Å². The number of carbonyl (C=O) groups is 1. The molecule has 2 aromatic heterocycles. The average molecular weight is 431 g/mol. The van der Waals surface area contributed by atoms with E-state index in [0.717, 1.165) is 47.5 Å². The highest BCUT2D eigenvalue weighted by Crippen LogP contribution is 2.38. The summed E-state index contributed by atoms with van der Waals surface area (Å²) in [6, 6.07) is 9.68. The summed E-state index contributed by atoms with van der Waals surface area (Å²) in [5, 5.41) is 0. The molecule has 1 aromatic carbocycles. The topological polar surface area (TPSA) is 65.5 Å². The van der Waals surface area contributed by atoms with E-state index in [1.165, 1.54) is 0 Å². The second-order valence-corrected chi connectivity index (χ2v) is 8.65. The third-order valence-corrected chi connectivity index (χ3v) is 5.98. The minimum atomic E-state index is -0.0970.